The summed E-state index contributed by atoms with van der Waals surface area (Å²) in [5, 5.41) is 1.29. The van der Waals surface area contributed by atoms with E-state index in [1.54, 1.807) is 18.3 Å². The van der Waals surface area contributed by atoms with Gasteiger partial charge in [0.25, 0.3) is 5.91 Å². The molecular formula is C23H22N4O3. The van der Waals surface area contributed by atoms with Gasteiger partial charge in [-0.15, -0.1) is 0 Å². The number of rotatable bonds is 3. The number of piperazine rings is 1. The molecule has 4 aromatic rings. The zero-order valence-electron chi connectivity index (χ0n) is 16.7. The molecule has 5 rings (SSSR count). The third-order valence-electron chi connectivity index (χ3n) is 5.74. The zero-order valence-corrected chi connectivity index (χ0v) is 16.7. The van der Waals surface area contributed by atoms with Gasteiger partial charge >= 0.3 is 5.63 Å². The molecule has 1 saturated heterocycles. The average Bonchev–Trinajstić information content (AvgIpc) is 3.20. The van der Waals surface area contributed by atoms with Crippen molar-refractivity contribution < 1.29 is 9.21 Å². The van der Waals surface area contributed by atoms with Crippen molar-refractivity contribution in [3.05, 3.63) is 70.8 Å². The minimum atomic E-state index is -0.412. The second kappa shape index (κ2) is 7.33. The molecule has 0 unspecified atom stereocenters. The van der Waals surface area contributed by atoms with Gasteiger partial charge in [0, 0.05) is 44.3 Å². The summed E-state index contributed by atoms with van der Waals surface area (Å²) in [7, 11) is 0. The lowest BCUT2D eigenvalue weighted by atomic mass is 10.2. The number of benzene rings is 1. The molecule has 152 valence electrons. The van der Waals surface area contributed by atoms with Crippen molar-refractivity contribution >= 4 is 33.6 Å². The molecule has 0 aliphatic carbocycles. The highest BCUT2D eigenvalue weighted by Gasteiger charge is 2.27. The minimum absolute atomic E-state index is 0.0581. The highest BCUT2D eigenvalue weighted by Crippen LogP contribution is 2.27. The Bertz CT molecular complexity index is 1280. The SMILES string of the molecule is CCn1c(C(=O)N2CCN(c3ccccn3)CC2)cc2c(=O)oc3ccccc3c21. The minimum Gasteiger partial charge on any atom is -0.422 e. The Labute approximate surface area is 173 Å². The second-order valence-corrected chi connectivity index (χ2v) is 7.39. The predicted molar refractivity (Wildman–Crippen MR) is 116 cm³/mol. The topological polar surface area (TPSA) is 71.6 Å². The lowest BCUT2D eigenvalue weighted by Crippen LogP contribution is -2.49. The summed E-state index contributed by atoms with van der Waals surface area (Å²) in [5.41, 5.74) is 1.41. The monoisotopic (exact) mass is 402 g/mol. The molecule has 3 aromatic heterocycles. The van der Waals surface area contributed by atoms with Crippen LogP contribution >= 0.6 is 0 Å². The van der Waals surface area contributed by atoms with Crippen molar-refractivity contribution in [2.45, 2.75) is 13.5 Å². The molecule has 30 heavy (non-hydrogen) atoms. The van der Waals surface area contributed by atoms with Crippen LogP contribution in [-0.4, -0.2) is 46.5 Å². The maximum absolute atomic E-state index is 13.4. The van der Waals surface area contributed by atoms with Crippen LogP contribution in [0.25, 0.3) is 21.9 Å². The fourth-order valence-corrected chi connectivity index (χ4v) is 4.25. The third-order valence-corrected chi connectivity index (χ3v) is 5.74. The molecule has 0 radical (unpaired) electrons. The first kappa shape index (κ1) is 18.4. The van der Waals surface area contributed by atoms with Crippen LogP contribution in [0.5, 0.6) is 0 Å². The molecule has 1 aromatic carbocycles. The Balaban J connectivity index is 1.49. The van der Waals surface area contributed by atoms with Crippen molar-refractivity contribution in [3.63, 3.8) is 0 Å². The fraction of sp³-hybridized carbons (Fsp3) is 0.261. The number of nitrogens with zero attached hydrogens (tertiary/aromatic N) is 4. The van der Waals surface area contributed by atoms with Gasteiger partial charge in [-0.1, -0.05) is 18.2 Å². The van der Waals surface area contributed by atoms with Crippen molar-refractivity contribution in [3.8, 4) is 0 Å². The molecule has 0 bridgehead atoms. The summed E-state index contributed by atoms with van der Waals surface area (Å²) in [6, 6.07) is 15.0. The molecule has 1 amide bonds. The maximum atomic E-state index is 13.4. The van der Waals surface area contributed by atoms with E-state index in [9.17, 15) is 9.59 Å². The second-order valence-electron chi connectivity index (χ2n) is 7.39. The molecule has 0 spiro atoms. The van der Waals surface area contributed by atoms with Gasteiger partial charge in [-0.25, -0.2) is 9.78 Å². The van der Waals surface area contributed by atoms with Crippen LogP contribution in [0, 0.1) is 0 Å². The number of anilines is 1. The van der Waals surface area contributed by atoms with Gasteiger partial charge in [0.15, 0.2) is 0 Å². The molecule has 0 saturated carbocycles. The number of hydrogen-bond donors (Lipinski definition) is 0. The van der Waals surface area contributed by atoms with Gasteiger partial charge in [-0.3, -0.25) is 4.79 Å². The van der Waals surface area contributed by atoms with E-state index in [2.05, 4.69) is 9.88 Å². The smallest absolute Gasteiger partial charge is 0.345 e. The van der Waals surface area contributed by atoms with E-state index in [4.69, 9.17) is 4.42 Å². The van der Waals surface area contributed by atoms with E-state index >= 15 is 0 Å². The Morgan fingerprint density at radius 3 is 2.53 bits per heavy atom. The molecule has 4 heterocycles. The van der Waals surface area contributed by atoms with Crippen LogP contribution in [0.4, 0.5) is 5.82 Å². The zero-order chi connectivity index (χ0) is 20.7. The molecular weight excluding hydrogens is 380 g/mol. The lowest BCUT2D eigenvalue weighted by molar-refractivity contribution is 0.0736. The Hall–Kier alpha value is -3.61. The lowest BCUT2D eigenvalue weighted by Gasteiger charge is -2.35. The summed E-state index contributed by atoms with van der Waals surface area (Å²) < 4.78 is 7.40. The predicted octanol–water partition coefficient (Wildman–Crippen LogP) is 3.13. The van der Waals surface area contributed by atoms with Gasteiger partial charge in [-0.2, -0.15) is 0 Å². The molecule has 0 atom stereocenters. The van der Waals surface area contributed by atoms with Crippen molar-refractivity contribution in [2.75, 3.05) is 31.1 Å². The Morgan fingerprint density at radius 1 is 1.03 bits per heavy atom. The first-order valence-electron chi connectivity index (χ1n) is 10.2. The van der Waals surface area contributed by atoms with Crippen LogP contribution in [-0.2, 0) is 6.54 Å². The summed E-state index contributed by atoms with van der Waals surface area (Å²) in [6.45, 7) is 5.23. The summed E-state index contributed by atoms with van der Waals surface area (Å²) >= 11 is 0. The number of carbonyl (C=O) groups is 1. The number of hydrogen-bond acceptors (Lipinski definition) is 5. The average molecular weight is 402 g/mol. The van der Waals surface area contributed by atoms with Crippen molar-refractivity contribution in [1.82, 2.24) is 14.5 Å². The van der Waals surface area contributed by atoms with Gasteiger partial charge in [0.2, 0.25) is 0 Å². The number of carbonyl (C=O) groups excluding carboxylic acids is 1. The van der Waals surface area contributed by atoms with E-state index in [1.165, 1.54) is 0 Å². The number of para-hydroxylation sites is 1. The molecule has 0 N–H and O–H groups in total. The highest BCUT2D eigenvalue weighted by molar-refractivity contribution is 6.07. The Morgan fingerprint density at radius 2 is 1.80 bits per heavy atom. The maximum Gasteiger partial charge on any atom is 0.345 e. The van der Waals surface area contributed by atoms with E-state index in [0.717, 1.165) is 29.8 Å². The van der Waals surface area contributed by atoms with Crippen LogP contribution < -0.4 is 10.5 Å². The third kappa shape index (κ3) is 2.94. The van der Waals surface area contributed by atoms with Crippen molar-refractivity contribution in [2.24, 2.45) is 0 Å². The summed E-state index contributed by atoms with van der Waals surface area (Å²) in [6.07, 6.45) is 1.78. The fourth-order valence-electron chi connectivity index (χ4n) is 4.25. The van der Waals surface area contributed by atoms with Gasteiger partial charge < -0.3 is 18.8 Å². The quantitative estimate of drug-likeness (QED) is 0.493. The van der Waals surface area contributed by atoms with Gasteiger partial charge in [0.1, 0.15) is 17.1 Å². The van der Waals surface area contributed by atoms with E-state index in [1.807, 2.05) is 52.8 Å². The van der Waals surface area contributed by atoms with E-state index in [0.29, 0.717) is 36.3 Å². The van der Waals surface area contributed by atoms with Gasteiger partial charge in [-0.05, 0) is 37.3 Å². The van der Waals surface area contributed by atoms with Crippen LogP contribution in [0.15, 0.2) is 63.9 Å². The largest absolute Gasteiger partial charge is 0.422 e. The number of amides is 1. The number of aromatic nitrogens is 2. The first-order chi connectivity index (χ1) is 14.7. The summed E-state index contributed by atoms with van der Waals surface area (Å²) in [4.78, 5) is 34.4. The van der Waals surface area contributed by atoms with E-state index < -0.39 is 5.63 Å². The molecule has 1 fully saturated rings. The number of fused-ring (bicyclic) bond motifs is 3. The first-order valence-corrected chi connectivity index (χ1v) is 10.2. The molecule has 1 aliphatic heterocycles. The molecule has 7 nitrogen and oxygen atoms in total. The van der Waals surface area contributed by atoms with Crippen LogP contribution in [0.3, 0.4) is 0 Å². The normalized spacial score (nSPS) is 14.6. The Kier molecular flexibility index (Phi) is 4.50. The number of pyridine rings is 1. The van der Waals surface area contributed by atoms with Crippen LogP contribution in [0.1, 0.15) is 17.4 Å². The molecule has 7 heteroatoms. The highest BCUT2D eigenvalue weighted by atomic mass is 16.4. The van der Waals surface area contributed by atoms with Crippen LogP contribution in [0.2, 0.25) is 0 Å². The van der Waals surface area contributed by atoms with Gasteiger partial charge in [0.05, 0.1) is 10.9 Å². The summed E-state index contributed by atoms with van der Waals surface area (Å²) in [5.74, 6) is 0.869. The van der Waals surface area contributed by atoms with Crippen molar-refractivity contribution in [1.29, 1.82) is 0 Å². The number of aryl methyl sites for hydroxylation is 1. The van der Waals surface area contributed by atoms with E-state index in [-0.39, 0.29) is 5.91 Å². The molecule has 1 aliphatic rings. The standard InChI is InChI=1S/C23H22N4O3/c1-2-27-18(15-17-21(27)16-7-3-4-8-19(16)30-23(17)29)22(28)26-13-11-25(12-14-26)20-9-5-6-10-24-20/h3-10,15H,2,11-14H2,1H3.